The van der Waals surface area contributed by atoms with Gasteiger partial charge in [0.1, 0.15) is 11.9 Å². The van der Waals surface area contributed by atoms with E-state index in [1.807, 2.05) is 30.3 Å². The summed E-state index contributed by atoms with van der Waals surface area (Å²) >= 11 is 1.51. The number of carbonyl (C=O) groups excluding carboxylic acids is 1. The van der Waals surface area contributed by atoms with Crippen molar-refractivity contribution in [3.05, 3.63) is 82.8 Å². The second kappa shape index (κ2) is 8.71. The molecular weight excluding hydrogens is 403 g/mol. The number of nitrogens with zero attached hydrogens (tertiary/aromatic N) is 3. The number of rotatable bonds is 6. The van der Waals surface area contributed by atoms with E-state index in [0.29, 0.717) is 22.4 Å². The Kier molecular flexibility index (Phi) is 5.85. The molecule has 30 heavy (non-hydrogen) atoms. The van der Waals surface area contributed by atoms with Gasteiger partial charge >= 0.3 is 5.97 Å². The van der Waals surface area contributed by atoms with Gasteiger partial charge in [0.05, 0.1) is 12.2 Å². The molecule has 0 saturated heterocycles. The molecule has 1 aliphatic rings. The Morgan fingerprint density at radius 2 is 1.93 bits per heavy atom. The van der Waals surface area contributed by atoms with Crippen molar-refractivity contribution in [1.29, 1.82) is 0 Å². The van der Waals surface area contributed by atoms with E-state index < -0.39 is 12.0 Å². The molecule has 1 aromatic heterocycles. The summed E-state index contributed by atoms with van der Waals surface area (Å²) in [4.78, 5) is 17.3. The molecule has 0 spiro atoms. The van der Waals surface area contributed by atoms with E-state index in [1.54, 1.807) is 30.7 Å². The number of halogens is 1. The average Bonchev–Trinajstić information content (AvgIpc) is 3.15. The third-order valence-electron chi connectivity index (χ3n) is 4.72. The molecular formula is C22H21FN4O2S. The summed E-state index contributed by atoms with van der Waals surface area (Å²) in [6, 6.07) is 15.6. The molecule has 0 saturated carbocycles. The van der Waals surface area contributed by atoms with Gasteiger partial charge in [-0.3, -0.25) is 0 Å². The lowest BCUT2D eigenvalue weighted by Gasteiger charge is -2.28. The van der Waals surface area contributed by atoms with Crippen LogP contribution in [0.5, 0.6) is 0 Å². The first-order chi connectivity index (χ1) is 14.6. The maximum Gasteiger partial charge on any atom is 0.338 e. The first-order valence-electron chi connectivity index (χ1n) is 9.60. The Morgan fingerprint density at radius 3 is 2.63 bits per heavy atom. The number of benzene rings is 2. The van der Waals surface area contributed by atoms with Crippen molar-refractivity contribution in [2.45, 2.75) is 30.8 Å². The van der Waals surface area contributed by atoms with Gasteiger partial charge in [-0.15, -0.1) is 5.10 Å². The Bertz CT molecular complexity index is 1080. The Balaban J connectivity index is 1.70. The lowest BCUT2D eigenvalue weighted by atomic mass is 9.96. The highest BCUT2D eigenvalue weighted by molar-refractivity contribution is 7.98. The molecule has 154 valence electrons. The Hall–Kier alpha value is -3.13. The third-order valence-corrected chi connectivity index (χ3v) is 5.63. The van der Waals surface area contributed by atoms with Crippen LogP contribution in [0.2, 0.25) is 0 Å². The van der Waals surface area contributed by atoms with E-state index >= 15 is 0 Å². The Morgan fingerprint density at radius 1 is 1.20 bits per heavy atom. The number of ether oxygens (including phenoxy) is 1. The number of allylic oxidation sites excluding steroid dienone is 1. The van der Waals surface area contributed by atoms with Crippen molar-refractivity contribution in [2.75, 3.05) is 11.9 Å². The average molecular weight is 425 g/mol. The zero-order valence-corrected chi connectivity index (χ0v) is 17.4. The molecule has 1 atom stereocenters. The van der Waals surface area contributed by atoms with Crippen LogP contribution in [0.1, 0.15) is 31.0 Å². The van der Waals surface area contributed by atoms with Gasteiger partial charge in [0.25, 0.3) is 0 Å². The molecule has 1 N–H and O–H groups in total. The van der Waals surface area contributed by atoms with Crippen LogP contribution in [0.25, 0.3) is 0 Å². The third kappa shape index (κ3) is 4.09. The predicted molar refractivity (Wildman–Crippen MR) is 114 cm³/mol. The standard InChI is InChI=1S/C22H21FN4O2S/c1-3-29-20(28)18-14(2)24-21-25-22(30-13-15-7-5-4-6-8-15)26-27(21)19(18)16-9-11-17(23)12-10-16/h4-12,19H,3,13H2,1-2H3,(H,24,25,26)/t19-/m0/s1. The van der Waals surface area contributed by atoms with Crippen LogP contribution in [-0.2, 0) is 15.3 Å². The molecule has 0 radical (unpaired) electrons. The number of anilines is 1. The number of hydrogen-bond donors (Lipinski definition) is 1. The molecule has 0 fully saturated rings. The Labute approximate surface area is 178 Å². The lowest BCUT2D eigenvalue weighted by Crippen LogP contribution is -2.29. The van der Waals surface area contributed by atoms with Gasteiger partial charge in [-0.2, -0.15) is 4.98 Å². The first kappa shape index (κ1) is 20.2. The SMILES string of the molecule is CCOC(=O)C1=C(C)Nc2nc(SCc3ccccc3)nn2[C@H]1c1ccc(F)cc1. The molecule has 2 heterocycles. The summed E-state index contributed by atoms with van der Waals surface area (Å²) in [5.74, 6) is 0.480. The fourth-order valence-corrected chi connectivity index (χ4v) is 4.13. The topological polar surface area (TPSA) is 69.0 Å². The number of thioether (sulfide) groups is 1. The van der Waals surface area contributed by atoms with Gasteiger partial charge in [0.2, 0.25) is 11.1 Å². The molecule has 8 heteroatoms. The van der Waals surface area contributed by atoms with E-state index in [9.17, 15) is 9.18 Å². The van der Waals surface area contributed by atoms with Crippen LogP contribution in [0, 0.1) is 5.82 Å². The highest BCUT2D eigenvalue weighted by atomic mass is 32.2. The molecule has 3 aromatic rings. The smallest absolute Gasteiger partial charge is 0.338 e. The van der Waals surface area contributed by atoms with Gasteiger partial charge in [0.15, 0.2) is 0 Å². The van der Waals surface area contributed by atoms with E-state index in [2.05, 4.69) is 15.4 Å². The minimum Gasteiger partial charge on any atom is -0.463 e. The summed E-state index contributed by atoms with van der Waals surface area (Å²) in [6.07, 6.45) is 0. The maximum atomic E-state index is 13.5. The van der Waals surface area contributed by atoms with Crippen molar-refractivity contribution in [1.82, 2.24) is 14.8 Å². The van der Waals surface area contributed by atoms with E-state index in [-0.39, 0.29) is 12.4 Å². The van der Waals surface area contributed by atoms with Crippen molar-refractivity contribution >= 4 is 23.7 Å². The predicted octanol–water partition coefficient (Wildman–Crippen LogP) is 4.56. The number of hydrogen-bond acceptors (Lipinski definition) is 6. The minimum absolute atomic E-state index is 0.258. The van der Waals surface area contributed by atoms with Crippen LogP contribution in [-0.4, -0.2) is 27.3 Å². The first-order valence-corrected chi connectivity index (χ1v) is 10.6. The largest absolute Gasteiger partial charge is 0.463 e. The highest BCUT2D eigenvalue weighted by Gasteiger charge is 2.35. The van der Waals surface area contributed by atoms with Crippen molar-refractivity contribution in [3.63, 3.8) is 0 Å². The summed E-state index contributed by atoms with van der Waals surface area (Å²) < 4.78 is 20.5. The van der Waals surface area contributed by atoms with Crippen LogP contribution in [0.3, 0.4) is 0 Å². The molecule has 2 aromatic carbocycles. The number of aromatic nitrogens is 3. The van der Waals surface area contributed by atoms with Crippen molar-refractivity contribution in [2.24, 2.45) is 0 Å². The van der Waals surface area contributed by atoms with Crippen LogP contribution >= 0.6 is 11.8 Å². The highest BCUT2D eigenvalue weighted by Crippen LogP contribution is 2.37. The zero-order valence-electron chi connectivity index (χ0n) is 16.6. The van der Waals surface area contributed by atoms with E-state index in [0.717, 1.165) is 11.3 Å². The minimum atomic E-state index is -0.556. The number of fused-ring (bicyclic) bond motifs is 1. The zero-order chi connectivity index (χ0) is 21.1. The fourth-order valence-electron chi connectivity index (χ4n) is 3.34. The molecule has 0 aliphatic carbocycles. The van der Waals surface area contributed by atoms with E-state index in [1.165, 1.54) is 29.5 Å². The summed E-state index contributed by atoms with van der Waals surface area (Å²) in [6.45, 7) is 3.82. The normalized spacial score (nSPS) is 15.5. The summed E-state index contributed by atoms with van der Waals surface area (Å²) in [7, 11) is 0. The second-order valence-corrected chi connectivity index (χ2v) is 7.72. The molecule has 6 nitrogen and oxygen atoms in total. The van der Waals surface area contributed by atoms with Gasteiger partial charge in [-0.05, 0) is 37.1 Å². The van der Waals surface area contributed by atoms with Gasteiger partial charge in [-0.1, -0.05) is 54.2 Å². The van der Waals surface area contributed by atoms with Crippen molar-refractivity contribution in [3.8, 4) is 0 Å². The molecule has 0 amide bonds. The van der Waals surface area contributed by atoms with Crippen LogP contribution in [0.4, 0.5) is 10.3 Å². The quantitative estimate of drug-likeness (QED) is 0.462. The van der Waals surface area contributed by atoms with E-state index in [4.69, 9.17) is 4.74 Å². The molecule has 0 bridgehead atoms. The number of nitrogens with one attached hydrogen (secondary N) is 1. The molecule has 4 rings (SSSR count). The number of carbonyl (C=O) groups is 1. The number of esters is 1. The van der Waals surface area contributed by atoms with Gasteiger partial charge in [0, 0.05) is 11.4 Å². The summed E-state index contributed by atoms with van der Waals surface area (Å²) in [5.41, 5.74) is 2.97. The molecule has 0 unspecified atom stereocenters. The monoisotopic (exact) mass is 424 g/mol. The lowest BCUT2D eigenvalue weighted by molar-refractivity contribution is -0.139. The van der Waals surface area contributed by atoms with Gasteiger partial charge < -0.3 is 10.1 Å². The fraction of sp³-hybridized carbons (Fsp3) is 0.227. The summed E-state index contributed by atoms with van der Waals surface area (Å²) in [5, 5.41) is 8.39. The molecule has 1 aliphatic heterocycles. The van der Waals surface area contributed by atoms with Crippen LogP contribution in [0.15, 0.2) is 71.0 Å². The van der Waals surface area contributed by atoms with Crippen LogP contribution < -0.4 is 5.32 Å². The maximum absolute atomic E-state index is 13.5. The second-order valence-electron chi connectivity index (χ2n) is 6.78. The van der Waals surface area contributed by atoms with Crippen molar-refractivity contribution < 1.29 is 13.9 Å². The van der Waals surface area contributed by atoms with Gasteiger partial charge in [-0.25, -0.2) is 13.9 Å².